The Morgan fingerprint density at radius 2 is 2.08 bits per heavy atom. The van der Waals surface area contributed by atoms with Gasteiger partial charge in [0, 0.05) is 11.7 Å². The van der Waals surface area contributed by atoms with Crippen LogP contribution in [0, 0.1) is 0 Å². The minimum absolute atomic E-state index is 0.167. The van der Waals surface area contributed by atoms with Crippen LogP contribution in [0.15, 0.2) is 23.8 Å². The van der Waals surface area contributed by atoms with Crippen LogP contribution in [0.2, 0.25) is 0 Å². The van der Waals surface area contributed by atoms with Gasteiger partial charge in [-0.1, -0.05) is 18.2 Å². The van der Waals surface area contributed by atoms with Gasteiger partial charge in [-0.2, -0.15) is 0 Å². The molecule has 1 aliphatic rings. The van der Waals surface area contributed by atoms with Crippen molar-refractivity contribution in [3.8, 4) is 0 Å². The number of carbonyl (C=O) groups is 1. The molecule has 0 aliphatic heterocycles. The molecule has 0 aromatic heterocycles. The van der Waals surface area contributed by atoms with Crippen LogP contribution in [0.1, 0.15) is 26.7 Å². The minimum atomic E-state index is -0.792. The number of hydrogen-bond acceptors (Lipinski definition) is 2. The van der Waals surface area contributed by atoms with E-state index in [0.29, 0.717) is 12.0 Å². The van der Waals surface area contributed by atoms with Crippen LogP contribution in [0.3, 0.4) is 0 Å². The molecule has 0 radical (unpaired) electrons. The van der Waals surface area contributed by atoms with Crippen molar-refractivity contribution in [3.05, 3.63) is 23.8 Å². The van der Waals surface area contributed by atoms with E-state index in [-0.39, 0.29) is 6.10 Å². The lowest BCUT2D eigenvalue weighted by Gasteiger charge is -2.00. The van der Waals surface area contributed by atoms with Gasteiger partial charge in [0.05, 0.1) is 0 Å². The number of carboxylic acid groups (broad SMARTS) is 1. The molecule has 0 atom stereocenters. The third kappa shape index (κ3) is 7.28. The molecule has 13 heavy (non-hydrogen) atoms. The van der Waals surface area contributed by atoms with Crippen LogP contribution < -0.4 is 0 Å². The highest BCUT2D eigenvalue weighted by Crippen LogP contribution is 2.10. The number of hydrogen-bond donors (Lipinski definition) is 2. The molecule has 2 N–H and O–H groups in total. The van der Waals surface area contributed by atoms with Gasteiger partial charge in [0.2, 0.25) is 0 Å². The Bertz CT molecular complexity index is 211. The number of aliphatic hydroxyl groups excluding tert-OH is 1. The molecule has 0 saturated carbocycles. The van der Waals surface area contributed by atoms with E-state index in [1.54, 1.807) is 26.0 Å². The molecular formula is C10H16O3. The third-order valence-corrected chi connectivity index (χ3v) is 1.29. The molecule has 0 spiro atoms. The summed E-state index contributed by atoms with van der Waals surface area (Å²) in [7, 11) is 0. The molecule has 1 rings (SSSR count). The number of rotatable bonds is 1. The van der Waals surface area contributed by atoms with Crippen molar-refractivity contribution >= 4 is 5.97 Å². The van der Waals surface area contributed by atoms with Gasteiger partial charge in [0.1, 0.15) is 0 Å². The van der Waals surface area contributed by atoms with Crippen molar-refractivity contribution in [2.45, 2.75) is 32.8 Å². The lowest BCUT2D eigenvalue weighted by molar-refractivity contribution is -0.132. The summed E-state index contributed by atoms with van der Waals surface area (Å²) in [6.45, 7) is 3.44. The Morgan fingerprint density at radius 1 is 1.54 bits per heavy atom. The van der Waals surface area contributed by atoms with Gasteiger partial charge >= 0.3 is 5.97 Å². The number of allylic oxidation sites excluding steroid dienone is 3. The topological polar surface area (TPSA) is 57.5 Å². The zero-order valence-electron chi connectivity index (χ0n) is 8.03. The van der Waals surface area contributed by atoms with Gasteiger partial charge in [0.25, 0.3) is 0 Å². The maximum atomic E-state index is 10.3. The summed E-state index contributed by atoms with van der Waals surface area (Å²) in [5.74, 6) is -0.792. The van der Waals surface area contributed by atoms with Crippen LogP contribution in [0.25, 0.3) is 0 Å². The summed E-state index contributed by atoms with van der Waals surface area (Å²) < 4.78 is 0. The van der Waals surface area contributed by atoms with E-state index in [0.717, 1.165) is 6.42 Å². The number of aliphatic carboxylic acids is 1. The Labute approximate surface area is 78.4 Å². The predicted molar refractivity (Wildman–Crippen MR) is 51.4 cm³/mol. The van der Waals surface area contributed by atoms with Crippen LogP contribution in [0.4, 0.5) is 0 Å². The van der Waals surface area contributed by atoms with Gasteiger partial charge in [-0.05, 0) is 26.7 Å². The lowest BCUT2D eigenvalue weighted by atomic mass is 10.1. The fourth-order valence-electron chi connectivity index (χ4n) is 0.781. The Kier molecular flexibility index (Phi) is 5.89. The maximum absolute atomic E-state index is 10.3. The zero-order chi connectivity index (χ0) is 10.3. The van der Waals surface area contributed by atoms with Crippen LogP contribution in [0.5, 0.6) is 0 Å². The van der Waals surface area contributed by atoms with Crippen molar-refractivity contribution in [3.63, 3.8) is 0 Å². The van der Waals surface area contributed by atoms with Crippen LogP contribution >= 0.6 is 0 Å². The monoisotopic (exact) mass is 184 g/mol. The molecule has 0 heterocycles. The van der Waals surface area contributed by atoms with Crippen molar-refractivity contribution in [1.29, 1.82) is 0 Å². The summed E-state index contributed by atoms with van der Waals surface area (Å²) in [5, 5.41) is 16.5. The van der Waals surface area contributed by atoms with E-state index in [2.05, 4.69) is 0 Å². The normalized spacial score (nSPS) is 14.6. The molecule has 0 unspecified atom stereocenters. The summed E-state index contributed by atoms with van der Waals surface area (Å²) >= 11 is 0. The largest absolute Gasteiger partial charge is 0.478 e. The van der Waals surface area contributed by atoms with E-state index < -0.39 is 5.97 Å². The minimum Gasteiger partial charge on any atom is -0.478 e. The average Bonchev–Trinajstić information content (AvgIpc) is 2.05. The molecule has 3 heteroatoms. The van der Waals surface area contributed by atoms with Crippen molar-refractivity contribution in [2.75, 3.05) is 0 Å². The smallest absolute Gasteiger partial charge is 0.331 e. The fraction of sp³-hybridized carbons (Fsp3) is 0.500. The highest BCUT2D eigenvalue weighted by atomic mass is 16.4. The summed E-state index contributed by atoms with van der Waals surface area (Å²) in [6, 6.07) is 0. The first kappa shape index (κ1) is 11.9. The van der Waals surface area contributed by atoms with Gasteiger partial charge in [-0.3, -0.25) is 0 Å². The molecule has 0 bridgehead atoms. The van der Waals surface area contributed by atoms with E-state index in [1.807, 2.05) is 6.08 Å². The van der Waals surface area contributed by atoms with Gasteiger partial charge in [-0.15, -0.1) is 0 Å². The third-order valence-electron chi connectivity index (χ3n) is 1.29. The first-order valence-electron chi connectivity index (χ1n) is 4.31. The Balaban J connectivity index is 0.000000310. The lowest BCUT2D eigenvalue weighted by Crippen LogP contribution is -2.01. The molecule has 0 aromatic carbocycles. The second-order valence-corrected chi connectivity index (χ2v) is 3.06. The molecule has 0 fully saturated rings. The van der Waals surface area contributed by atoms with E-state index in [4.69, 9.17) is 10.2 Å². The highest BCUT2D eigenvalue weighted by molar-refractivity contribution is 5.87. The van der Waals surface area contributed by atoms with E-state index in [9.17, 15) is 4.79 Å². The van der Waals surface area contributed by atoms with Gasteiger partial charge < -0.3 is 10.2 Å². The van der Waals surface area contributed by atoms with Crippen LogP contribution in [-0.4, -0.2) is 22.3 Å². The van der Waals surface area contributed by atoms with E-state index in [1.165, 1.54) is 0 Å². The first-order chi connectivity index (χ1) is 6.04. The molecule has 74 valence electrons. The number of carboxylic acids is 1. The van der Waals surface area contributed by atoms with Gasteiger partial charge in [-0.25, -0.2) is 4.79 Å². The molecule has 3 nitrogen and oxygen atoms in total. The first-order valence-corrected chi connectivity index (χ1v) is 4.31. The summed E-state index contributed by atoms with van der Waals surface area (Å²) in [6.07, 6.45) is 6.76. The predicted octanol–water partition coefficient (Wildman–Crippen LogP) is 1.73. The second-order valence-electron chi connectivity index (χ2n) is 3.06. The van der Waals surface area contributed by atoms with Crippen LogP contribution in [-0.2, 0) is 4.79 Å². The molecule has 0 saturated heterocycles. The van der Waals surface area contributed by atoms with Crippen molar-refractivity contribution < 1.29 is 15.0 Å². The average molecular weight is 184 g/mol. The second kappa shape index (κ2) is 6.43. The van der Waals surface area contributed by atoms with Gasteiger partial charge in [0.15, 0.2) is 0 Å². The Morgan fingerprint density at radius 3 is 2.31 bits per heavy atom. The summed E-state index contributed by atoms with van der Waals surface area (Å²) in [4.78, 5) is 10.3. The molecule has 0 aromatic rings. The van der Waals surface area contributed by atoms with Crippen molar-refractivity contribution in [2.24, 2.45) is 0 Å². The SMILES string of the molecule is CC(C)O.O=C(O)C1=CC=CCC1. The highest BCUT2D eigenvalue weighted by Gasteiger charge is 2.05. The summed E-state index contributed by atoms with van der Waals surface area (Å²) in [5.41, 5.74) is 0.512. The van der Waals surface area contributed by atoms with E-state index >= 15 is 0 Å². The standard InChI is InChI=1S/C7H8O2.C3H8O/c8-7(9)6-4-2-1-3-5-6;1-3(2)4/h1-2,4H,3,5H2,(H,8,9);3-4H,1-2H3. The number of aliphatic hydroxyl groups is 1. The molecular weight excluding hydrogens is 168 g/mol. The van der Waals surface area contributed by atoms with Crippen molar-refractivity contribution in [1.82, 2.24) is 0 Å². The zero-order valence-corrected chi connectivity index (χ0v) is 8.03. The molecule has 1 aliphatic carbocycles. The Hall–Kier alpha value is -1.09. The quantitative estimate of drug-likeness (QED) is 0.652. The fourth-order valence-corrected chi connectivity index (χ4v) is 0.781. The maximum Gasteiger partial charge on any atom is 0.331 e. The molecule has 0 amide bonds.